The number of aryl methyl sites for hydroxylation is 1. The van der Waals surface area contributed by atoms with Crippen molar-refractivity contribution in [3.63, 3.8) is 0 Å². The molecular formula is C14H22N4. The Morgan fingerprint density at radius 2 is 2.06 bits per heavy atom. The van der Waals surface area contributed by atoms with Crippen molar-refractivity contribution in [2.75, 3.05) is 5.32 Å². The van der Waals surface area contributed by atoms with Gasteiger partial charge in [0.15, 0.2) is 5.82 Å². The molecule has 0 aliphatic carbocycles. The molecule has 0 amide bonds. The van der Waals surface area contributed by atoms with Gasteiger partial charge in [-0.1, -0.05) is 13.8 Å². The minimum atomic E-state index is 0.432. The summed E-state index contributed by atoms with van der Waals surface area (Å²) < 4.78 is 1.87. The minimum absolute atomic E-state index is 0.432. The third-order valence-electron chi connectivity index (χ3n) is 3.07. The molecule has 0 aliphatic rings. The van der Waals surface area contributed by atoms with Crippen LogP contribution in [0.3, 0.4) is 0 Å². The zero-order valence-electron chi connectivity index (χ0n) is 11.6. The summed E-state index contributed by atoms with van der Waals surface area (Å²) in [7, 11) is 0. The lowest BCUT2D eigenvalue weighted by molar-refractivity contribution is 0.527. The van der Waals surface area contributed by atoms with Crippen LogP contribution in [-0.4, -0.2) is 20.6 Å². The quantitative estimate of drug-likeness (QED) is 0.880. The van der Waals surface area contributed by atoms with Crippen LogP contribution in [0, 0.1) is 12.8 Å². The van der Waals surface area contributed by atoms with Crippen molar-refractivity contribution in [1.29, 1.82) is 0 Å². The van der Waals surface area contributed by atoms with Crippen LogP contribution < -0.4 is 5.32 Å². The van der Waals surface area contributed by atoms with Gasteiger partial charge in [0.25, 0.3) is 0 Å². The Balaban J connectivity index is 2.11. The molecule has 98 valence electrons. The van der Waals surface area contributed by atoms with Gasteiger partial charge in [0.05, 0.1) is 5.69 Å². The molecule has 0 spiro atoms. The highest BCUT2D eigenvalue weighted by Crippen LogP contribution is 2.17. The molecule has 0 aliphatic heterocycles. The topological polar surface area (TPSA) is 42.2 Å². The van der Waals surface area contributed by atoms with Gasteiger partial charge in [-0.2, -0.15) is 5.10 Å². The first-order chi connectivity index (χ1) is 8.56. The minimum Gasteiger partial charge on any atom is -0.366 e. The number of nitrogens with one attached hydrogen (secondary N) is 1. The van der Waals surface area contributed by atoms with Gasteiger partial charge in [-0.15, -0.1) is 0 Å². The van der Waals surface area contributed by atoms with Crippen LogP contribution in [0.2, 0.25) is 0 Å². The van der Waals surface area contributed by atoms with Gasteiger partial charge in [0.2, 0.25) is 0 Å². The van der Waals surface area contributed by atoms with E-state index in [4.69, 9.17) is 0 Å². The molecular weight excluding hydrogens is 224 g/mol. The highest BCUT2D eigenvalue weighted by Gasteiger charge is 2.09. The Morgan fingerprint density at radius 1 is 1.28 bits per heavy atom. The summed E-state index contributed by atoms with van der Waals surface area (Å²) in [5, 5.41) is 7.87. The lowest BCUT2D eigenvalue weighted by Crippen LogP contribution is -2.17. The number of anilines is 1. The van der Waals surface area contributed by atoms with Crippen LogP contribution in [0.25, 0.3) is 5.52 Å². The summed E-state index contributed by atoms with van der Waals surface area (Å²) in [6.45, 7) is 8.72. The van der Waals surface area contributed by atoms with Gasteiger partial charge in [0, 0.05) is 18.4 Å². The van der Waals surface area contributed by atoms with E-state index in [0.717, 1.165) is 29.4 Å². The summed E-state index contributed by atoms with van der Waals surface area (Å²) in [6.07, 6.45) is 6.06. The van der Waals surface area contributed by atoms with Crippen LogP contribution in [0.4, 0.5) is 5.82 Å². The SMILES string of the molecule is Cc1cc2c(NC(C)CCC(C)C)nccn2n1. The summed E-state index contributed by atoms with van der Waals surface area (Å²) in [6, 6.07) is 2.49. The number of fused-ring (bicyclic) bond motifs is 1. The molecule has 2 aromatic rings. The molecule has 18 heavy (non-hydrogen) atoms. The Kier molecular flexibility index (Phi) is 3.84. The number of aromatic nitrogens is 3. The molecule has 0 bridgehead atoms. The zero-order valence-corrected chi connectivity index (χ0v) is 11.6. The normalized spacial score (nSPS) is 13.2. The molecule has 2 aromatic heterocycles. The Morgan fingerprint density at radius 3 is 2.78 bits per heavy atom. The van der Waals surface area contributed by atoms with E-state index in [1.165, 1.54) is 6.42 Å². The maximum Gasteiger partial charge on any atom is 0.152 e. The second kappa shape index (κ2) is 5.38. The lowest BCUT2D eigenvalue weighted by Gasteiger charge is -2.16. The summed E-state index contributed by atoms with van der Waals surface area (Å²) >= 11 is 0. The van der Waals surface area contributed by atoms with E-state index in [1.54, 1.807) is 6.20 Å². The fourth-order valence-corrected chi connectivity index (χ4v) is 2.04. The fraction of sp³-hybridized carbons (Fsp3) is 0.571. The average molecular weight is 246 g/mol. The third kappa shape index (κ3) is 3.00. The monoisotopic (exact) mass is 246 g/mol. The van der Waals surface area contributed by atoms with Crippen molar-refractivity contribution < 1.29 is 0 Å². The Hall–Kier alpha value is -1.58. The van der Waals surface area contributed by atoms with E-state index in [-0.39, 0.29) is 0 Å². The van der Waals surface area contributed by atoms with Crippen molar-refractivity contribution in [2.24, 2.45) is 5.92 Å². The molecule has 1 N–H and O–H groups in total. The van der Waals surface area contributed by atoms with Crippen LogP contribution in [0.15, 0.2) is 18.5 Å². The maximum absolute atomic E-state index is 4.42. The molecule has 1 atom stereocenters. The second-order valence-corrected chi connectivity index (χ2v) is 5.41. The first-order valence-corrected chi connectivity index (χ1v) is 6.64. The average Bonchev–Trinajstić information content (AvgIpc) is 2.68. The lowest BCUT2D eigenvalue weighted by atomic mass is 10.0. The van der Waals surface area contributed by atoms with E-state index in [1.807, 2.05) is 17.6 Å². The first-order valence-electron chi connectivity index (χ1n) is 6.64. The van der Waals surface area contributed by atoms with E-state index in [9.17, 15) is 0 Å². The number of hydrogen-bond donors (Lipinski definition) is 1. The van der Waals surface area contributed by atoms with Crippen molar-refractivity contribution in [3.05, 3.63) is 24.2 Å². The number of hydrogen-bond acceptors (Lipinski definition) is 3. The van der Waals surface area contributed by atoms with Crippen LogP contribution in [0.5, 0.6) is 0 Å². The number of rotatable bonds is 5. The molecule has 0 fully saturated rings. The highest BCUT2D eigenvalue weighted by atomic mass is 15.2. The molecule has 1 unspecified atom stereocenters. The molecule has 0 saturated carbocycles. The van der Waals surface area contributed by atoms with Crippen LogP contribution in [-0.2, 0) is 0 Å². The second-order valence-electron chi connectivity index (χ2n) is 5.41. The van der Waals surface area contributed by atoms with Gasteiger partial charge in [0.1, 0.15) is 5.52 Å². The van der Waals surface area contributed by atoms with Gasteiger partial charge in [-0.25, -0.2) is 9.50 Å². The standard InChI is InChI=1S/C14H22N4/c1-10(2)5-6-11(3)16-14-13-9-12(4)17-18(13)8-7-15-14/h7-11H,5-6H2,1-4H3,(H,15,16). The highest BCUT2D eigenvalue weighted by molar-refractivity contribution is 5.67. The van der Waals surface area contributed by atoms with Crippen molar-refractivity contribution >= 4 is 11.3 Å². The maximum atomic E-state index is 4.42. The van der Waals surface area contributed by atoms with E-state index >= 15 is 0 Å². The zero-order chi connectivity index (χ0) is 13.1. The van der Waals surface area contributed by atoms with Crippen molar-refractivity contribution in [3.8, 4) is 0 Å². The Bertz CT molecular complexity index is 515. The summed E-state index contributed by atoms with van der Waals surface area (Å²) in [5.41, 5.74) is 2.06. The van der Waals surface area contributed by atoms with Gasteiger partial charge in [-0.05, 0) is 38.7 Å². The number of nitrogens with zero attached hydrogens (tertiary/aromatic N) is 3. The third-order valence-corrected chi connectivity index (χ3v) is 3.07. The molecule has 4 nitrogen and oxygen atoms in total. The smallest absolute Gasteiger partial charge is 0.152 e. The van der Waals surface area contributed by atoms with E-state index < -0.39 is 0 Å². The molecule has 0 aromatic carbocycles. The first kappa shape index (κ1) is 12.9. The molecule has 2 rings (SSSR count). The van der Waals surface area contributed by atoms with Crippen LogP contribution >= 0.6 is 0 Å². The molecule has 0 saturated heterocycles. The largest absolute Gasteiger partial charge is 0.366 e. The Labute approximate surface area is 108 Å². The van der Waals surface area contributed by atoms with Gasteiger partial charge >= 0.3 is 0 Å². The van der Waals surface area contributed by atoms with E-state index in [2.05, 4.69) is 42.2 Å². The molecule has 2 heterocycles. The summed E-state index contributed by atoms with van der Waals surface area (Å²) in [5.74, 6) is 1.67. The fourth-order valence-electron chi connectivity index (χ4n) is 2.04. The predicted molar refractivity (Wildman–Crippen MR) is 74.9 cm³/mol. The molecule has 4 heteroatoms. The van der Waals surface area contributed by atoms with Gasteiger partial charge < -0.3 is 5.32 Å². The predicted octanol–water partition coefficient (Wildman–Crippen LogP) is 3.27. The molecule has 0 radical (unpaired) electrons. The van der Waals surface area contributed by atoms with Crippen molar-refractivity contribution in [2.45, 2.75) is 46.6 Å². The van der Waals surface area contributed by atoms with Crippen LogP contribution in [0.1, 0.15) is 39.3 Å². The van der Waals surface area contributed by atoms with Crippen molar-refractivity contribution in [1.82, 2.24) is 14.6 Å². The van der Waals surface area contributed by atoms with E-state index in [0.29, 0.717) is 6.04 Å². The van der Waals surface area contributed by atoms with Gasteiger partial charge in [-0.3, -0.25) is 0 Å². The summed E-state index contributed by atoms with van der Waals surface area (Å²) in [4.78, 5) is 4.42.